The number of hydrogen-bond acceptors (Lipinski definition) is 1. The first kappa shape index (κ1) is 14.0. The standard InChI is InChI=1S/C14H8Br2ClFN2/c15-8-1-4-12-11(5-8)19-14(7-17)20(12)13-6-9(18)2-3-10(13)16/h1-6H,7H2. The highest BCUT2D eigenvalue weighted by Crippen LogP contribution is 2.29. The fourth-order valence-electron chi connectivity index (χ4n) is 2.12. The van der Waals surface area contributed by atoms with Gasteiger partial charge in [-0.25, -0.2) is 9.37 Å². The van der Waals surface area contributed by atoms with Crippen molar-refractivity contribution < 1.29 is 4.39 Å². The third-order valence-corrected chi connectivity index (χ3v) is 4.36. The van der Waals surface area contributed by atoms with E-state index in [1.807, 2.05) is 22.8 Å². The van der Waals surface area contributed by atoms with Crippen molar-refractivity contribution in [3.63, 3.8) is 0 Å². The molecule has 0 aliphatic carbocycles. The van der Waals surface area contributed by atoms with E-state index in [4.69, 9.17) is 11.6 Å². The van der Waals surface area contributed by atoms with Gasteiger partial charge in [-0.2, -0.15) is 0 Å². The van der Waals surface area contributed by atoms with Gasteiger partial charge in [-0.3, -0.25) is 4.57 Å². The number of halogens is 4. The van der Waals surface area contributed by atoms with Gasteiger partial charge >= 0.3 is 0 Å². The van der Waals surface area contributed by atoms with Crippen LogP contribution >= 0.6 is 43.5 Å². The van der Waals surface area contributed by atoms with Gasteiger partial charge < -0.3 is 0 Å². The van der Waals surface area contributed by atoms with Crippen LogP contribution in [-0.4, -0.2) is 9.55 Å². The summed E-state index contributed by atoms with van der Waals surface area (Å²) in [6.45, 7) is 0. The zero-order valence-corrected chi connectivity index (χ0v) is 14.0. The lowest BCUT2D eigenvalue weighted by atomic mass is 10.2. The minimum atomic E-state index is -0.303. The van der Waals surface area contributed by atoms with Crippen LogP contribution < -0.4 is 0 Å². The first-order valence-electron chi connectivity index (χ1n) is 5.78. The number of aromatic nitrogens is 2. The van der Waals surface area contributed by atoms with Crippen LogP contribution in [-0.2, 0) is 5.88 Å². The Kier molecular flexibility index (Phi) is 3.84. The third kappa shape index (κ3) is 2.38. The van der Waals surface area contributed by atoms with E-state index in [9.17, 15) is 4.39 Å². The molecule has 0 atom stereocenters. The van der Waals surface area contributed by atoms with Gasteiger partial charge in [0.1, 0.15) is 11.6 Å². The molecule has 3 rings (SSSR count). The van der Waals surface area contributed by atoms with E-state index < -0.39 is 0 Å². The second-order valence-electron chi connectivity index (χ2n) is 4.23. The predicted octanol–water partition coefficient (Wildman–Crippen LogP) is 5.43. The second-order valence-corrected chi connectivity index (χ2v) is 6.26. The van der Waals surface area contributed by atoms with Gasteiger partial charge in [0.05, 0.1) is 22.6 Å². The minimum absolute atomic E-state index is 0.245. The van der Waals surface area contributed by atoms with Crippen molar-refractivity contribution in [2.24, 2.45) is 0 Å². The summed E-state index contributed by atoms with van der Waals surface area (Å²) in [7, 11) is 0. The predicted molar refractivity (Wildman–Crippen MR) is 86.0 cm³/mol. The maximum atomic E-state index is 13.5. The molecule has 20 heavy (non-hydrogen) atoms. The minimum Gasteiger partial charge on any atom is -0.294 e. The number of benzene rings is 2. The molecular weight excluding hydrogens is 410 g/mol. The van der Waals surface area contributed by atoms with E-state index in [1.54, 1.807) is 6.07 Å². The number of fused-ring (bicyclic) bond motifs is 1. The Bertz CT molecular complexity index is 801. The van der Waals surface area contributed by atoms with Gasteiger partial charge in [0.2, 0.25) is 0 Å². The van der Waals surface area contributed by atoms with Crippen LogP contribution in [0.3, 0.4) is 0 Å². The molecule has 0 N–H and O–H groups in total. The fourth-order valence-corrected chi connectivity index (χ4v) is 3.07. The van der Waals surface area contributed by atoms with Gasteiger partial charge in [0.25, 0.3) is 0 Å². The average molecular weight is 418 g/mol. The smallest absolute Gasteiger partial charge is 0.129 e. The van der Waals surface area contributed by atoms with Gasteiger partial charge in [0, 0.05) is 8.95 Å². The Morgan fingerprint density at radius 1 is 1.15 bits per heavy atom. The Morgan fingerprint density at radius 3 is 2.70 bits per heavy atom. The molecule has 0 saturated heterocycles. The number of rotatable bonds is 2. The summed E-state index contributed by atoms with van der Waals surface area (Å²) in [4.78, 5) is 4.50. The third-order valence-electron chi connectivity index (χ3n) is 2.95. The Morgan fingerprint density at radius 2 is 1.95 bits per heavy atom. The van der Waals surface area contributed by atoms with Crippen LogP contribution in [0, 0.1) is 5.82 Å². The van der Waals surface area contributed by atoms with Crippen molar-refractivity contribution in [3.8, 4) is 5.69 Å². The summed E-state index contributed by atoms with van der Waals surface area (Å²) in [6.07, 6.45) is 0. The largest absolute Gasteiger partial charge is 0.294 e. The summed E-state index contributed by atoms with van der Waals surface area (Å²) >= 11 is 12.8. The molecule has 0 radical (unpaired) electrons. The highest BCUT2D eigenvalue weighted by molar-refractivity contribution is 9.10. The van der Waals surface area contributed by atoms with E-state index in [0.29, 0.717) is 11.5 Å². The summed E-state index contributed by atoms with van der Waals surface area (Å²) in [5, 5.41) is 0. The van der Waals surface area contributed by atoms with Crippen LogP contribution in [0.5, 0.6) is 0 Å². The molecule has 6 heteroatoms. The molecule has 0 fully saturated rings. The molecule has 0 amide bonds. The molecule has 2 nitrogen and oxygen atoms in total. The van der Waals surface area contributed by atoms with E-state index in [0.717, 1.165) is 20.0 Å². The molecule has 1 heterocycles. The SMILES string of the molecule is Fc1ccc(Br)c(-n2c(CCl)nc3cc(Br)ccc32)c1. The molecular formula is C14H8Br2ClFN2. The summed E-state index contributed by atoms with van der Waals surface area (Å²) in [6, 6.07) is 10.3. The van der Waals surface area contributed by atoms with Crippen LogP contribution in [0.4, 0.5) is 4.39 Å². The molecule has 0 unspecified atom stereocenters. The first-order chi connectivity index (χ1) is 9.60. The Labute approximate surface area is 136 Å². The number of nitrogens with zero attached hydrogens (tertiary/aromatic N) is 2. The first-order valence-corrected chi connectivity index (χ1v) is 7.90. The maximum absolute atomic E-state index is 13.5. The summed E-state index contributed by atoms with van der Waals surface area (Å²) < 4.78 is 17.1. The molecule has 0 bridgehead atoms. The molecule has 2 aromatic carbocycles. The highest BCUT2D eigenvalue weighted by atomic mass is 79.9. The number of imidazole rings is 1. The fraction of sp³-hybridized carbons (Fsp3) is 0.0714. The van der Waals surface area contributed by atoms with Gasteiger partial charge in [0.15, 0.2) is 0 Å². The van der Waals surface area contributed by atoms with Crippen LogP contribution in [0.1, 0.15) is 5.82 Å². The number of alkyl halides is 1. The van der Waals surface area contributed by atoms with Crippen LogP contribution in [0.2, 0.25) is 0 Å². The average Bonchev–Trinajstić information content (AvgIpc) is 2.78. The van der Waals surface area contributed by atoms with Crippen molar-refractivity contribution in [1.29, 1.82) is 0 Å². The van der Waals surface area contributed by atoms with Crippen LogP contribution in [0.15, 0.2) is 45.3 Å². The lowest BCUT2D eigenvalue weighted by Gasteiger charge is -2.10. The second kappa shape index (κ2) is 5.47. The van der Waals surface area contributed by atoms with Gasteiger partial charge in [-0.1, -0.05) is 15.9 Å². The Balaban J connectivity index is 2.37. The quantitative estimate of drug-likeness (QED) is 0.508. The van der Waals surface area contributed by atoms with Gasteiger partial charge in [-0.05, 0) is 52.3 Å². The van der Waals surface area contributed by atoms with E-state index in [-0.39, 0.29) is 11.7 Å². The summed E-state index contributed by atoms with van der Waals surface area (Å²) in [5.41, 5.74) is 2.38. The molecule has 0 aliphatic heterocycles. The highest BCUT2D eigenvalue weighted by Gasteiger charge is 2.14. The zero-order chi connectivity index (χ0) is 14.3. The molecule has 102 valence electrons. The topological polar surface area (TPSA) is 17.8 Å². The molecule has 3 aromatic rings. The molecule has 0 saturated carbocycles. The van der Waals surface area contributed by atoms with Crippen molar-refractivity contribution in [2.45, 2.75) is 5.88 Å². The summed E-state index contributed by atoms with van der Waals surface area (Å²) in [5.74, 6) is 0.615. The van der Waals surface area contributed by atoms with Gasteiger partial charge in [-0.15, -0.1) is 11.6 Å². The normalized spacial score (nSPS) is 11.2. The van der Waals surface area contributed by atoms with Crippen molar-refractivity contribution in [1.82, 2.24) is 9.55 Å². The lowest BCUT2D eigenvalue weighted by Crippen LogP contribution is -2.00. The van der Waals surface area contributed by atoms with Crippen molar-refractivity contribution >= 4 is 54.5 Å². The zero-order valence-electron chi connectivity index (χ0n) is 10.1. The Hall–Kier alpha value is -0.910. The van der Waals surface area contributed by atoms with Crippen LogP contribution in [0.25, 0.3) is 16.7 Å². The van der Waals surface area contributed by atoms with E-state index in [2.05, 4.69) is 36.8 Å². The molecule has 0 spiro atoms. The molecule has 1 aromatic heterocycles. The van der Waals surface area contributed by atoms with Crippen molar-refractivity contribution in [2.75, 3.05) is 0 Å². The number of hydrogen-bond donors (Lipinski definition) is 0. The monoisotopic (exact) mass is 416 g/mol. The van der Waals surface area contributed by atoms with E-state index in [1.165, 1.54) is 12.1 Å². The maximum Gasteiger partial charge on any atom is 0.129 e. The van der Waals surface area contributed by atoms with E-state index >= 15 is 0 Å². The lowest BCUT2D eigenvalue weighted by molar-refractivity contribution is 0.626. The van der Waals surface area contributed by atoms with Crippen molar-refractivity contribution in [3.05, 3.63) is 57.0 Å². The molecule has 0 aliphatic rings.